The smallest absolute Gasteiger partial charge is 0.257 e. The van der Waals surface area contributed by atoms with Crippen molar-refractivity contribution in [1.82, 2.24) is 15.0 Å². The van der Waals surface area contributed by atoms with Gasteiger partial charge >= 0.3 is 0 Å². The number of oxazole rings is 1. The Bertz CT molecular complexity index is 675. The van der Waals surface area contributed by atoms with Gasteiger partial charge in [0, 0.05) is 5.69 Å². The van der Waals surface area contributed by atoms with Crippen molar-refractivity contribution in [3.8, 4) is 0 Å². The number of para-hydroxylation sites is 2. The third-order valence-corrected chi connectivity index (χ3v) is 3.49. The third kappa shape index (κ3) is 2.88. The lowest BCUT2D eigenvalue weighted by Gasteiger charge is -1.99. The van der Waals surface area contributed by atoms with Crippen LogP contribution in [-0.4, -0.2) is 15.0 Å². The number of hydrogen-bond acceptors (Lipinski definition) is 5. The molecule has 96 valence electrons. The zero-order chi connectivity index (χ0) is 13.2. The Hall–Kier alpha value is -1.59. The second kappa shape index (κ2) is 5.19. The Kier molecular flexibility index (Phi) is 3.40. The summed E-state index contributed by atoms with van der Waals surface area (Å²) >= 11 is 7.35. The van der Waals surface area contributed by atoms with Gasteiger partial charge < -0.3 is 4.42 Å². The van der Waals surface area contributed by atoms with Crippen LogP contribution in [0.15, 0.2) is 40.0 Å². The summed E-state index contributed by atoms with van der Waals surface area (Å²) in [4.78, 5) is 12.9. The highest BCUT2D eigenvalue weighted by Gasteiger charge is 2.08. The van der Waals surface area contributed by atoms with Crippen LogP contribution in [0.1, 0.15) is 11.5 Å². The molecule has 0 saturated heterocycles. The number of aromatic nitrogens is 3. The average Bonchev–Trinajstić information content (AvgIpc) is 2.78. The van der Waals surface area contributed by atoms with Gasteiger partial charge in [-0.3, -0.25) is 0 Å². The summed E-state index contributed by atoms with van der Waals surface area (Å²) in [6, 6.07) is 9.40. The molecule has 4 nitrogen and oxygen atoms in total. The van der Waals surface area contributed by atoms with Crippen molar-refractivity contribution < 1.29 is 4.42 Å². The third-order valence-electron chi connectivity index (χ3n) is 2.47. The summed E-state index contributed by atoms with van der Waals surface area (Å²) in [7, 11) is 0. The normalized spacial score (nSPS) is 11.1. The van der Waals surface area contributed by atoms with Gasteiger partial charge in [-0.15, -0.1) is 0 Å². The fourth-order valence-electron chi connectivity index (χ4n) is 1.69. The van der Waals surface area contributed by atoms with Crippen molar-refractivity contribution >= 4 is 34.5 Å². The SMILES string of the molecule is Cc1cc(Cl)nc(CSc2nc3ccccc3o2)n1. The van der Waals surface area contributed by atoms with Crippen LogP contribution in [0.5, 0.6) is 0 Å². The minimum atomic E-state index is 0.459. The molecule has 0 aliphatic rings. The van der Waals surface area contributed by atoms with Crippen LogP contribution in [0.2, 0.25) is 5.15 Å². The number of halogens is 1. The van der Waals surface area contributed by atoms with Crippen LogP contribution >= 0.6 is 23.4 Å². The molecule has 1 aromatic carbocycles. The fraction of sp³-hybridized carbons (Fsp3) is 0.154. The Morgan fingerprint density at radius 1 is 1.21 bits per heavy atom. The molecule has 3 aromatic rings. The second-order valence-corrected chi connectivity index (χ2v) is 5.30. The van der Waals surface area contributed by atoms with Crippen molar-refractivity contribution in [2.45, 2.75) is 17.9 Å². The molecule has 0 aliphatic carbocycles. The first-order chi connectivity index (χ1) is 9.20. The quantitative estimate of drug-likeness (QED) is 0.541. The molecule has 0 saturated carbocycles. The molecule has 19 heavy (non-hydrogen) atoms. The van der Waals surface area contributed by atoms with E-state index in [1.807, 2.05) is 31.2 Å². The lowest BCUT2D eigenvalue weighted by molar-refractivity contribution is 0.489. The Morgan fingerprint density at radius 2 is 2.05 bits per heavy atom. The van der Waals surface area contributed by atoms with E-state index in [1.165, 1.54) is 11.8 Å². The molecule has 2 heterocycles. The van der Waals surface area contributed by atoms with Crippen molar-refractivity contribution in [3.63, 3.8) is 0 Å². The fourth-order valence-corrected chi connectivity index (χ4v) is 2.64. The molecule has 6 heteroatoms. The molecule has 0 radical (unpaired) electrons. The molecule has 0 N–H and O–H groups in total. The van der Waals surface area contributed by atoms with E-state index in [2.05, 4.69) is 15.0 Å². The molecule has 2 aromatic heterocycles. The zero-order valence-corrected chi connectivity index (χ0v) is 11.7. The van der Waals surface area contributed by atoms with E-state index in [-0.39, 0.29) is 0 Å². The summed E-state index contributed by atoms with van der Waals surface area (Å²) in [6.07, 6.45) is 0. The van der Waals surface area contributed by atoms with Crippen molar-refractivity contribution in [3.05, 3.63) is 47.0 Å². The highest BCUT2D eigenvalue weighted by Crippen LogP contribution is 2.25. The number of rotatable bonds is 3. The zero-order valence-electron chi connectivity index (χ0n) is 10.1. The predicted octanol–water partition coefficient (Wildman–Crippen LogP) is 3.87. The minimum absolute atomic E-state index is 0.459. The Labute approximate surface area is 119 Å². The molecule has 0 atom stereocenters. The van der Waals surface area contributed by atoms with Gasteiger partial charge in [0.25, 0.3) is 5.22 Å². The van der Waals surface area contributed by atoms with Gasteiger partial charge in [0.15, 0.2) is 5.58 Å². The van der Waals surface area contributed by atoms with E-state index >= 15 is 0 Å². The topological polar surface area (TPSA) is 51.8 Å². The highest BCUT2D eigenvalue weighted by atomic mass is 35.5. The van der Waals surface area contributed by atoms with Gasteiger partial charge in [0.05, 0.1) is 5.75 Å². The second-order valence-electron chi connectivity index (χ2n) is 3.98. The largest absolute Gasteiger partial charge is 0.431 e. The predicted molar refractivity (Wildman–Crippen MR) is 75.3 cm³/mol. The first kappa shape index (κ1) is 12.4. The first-order valence-electron chi connectivity index (χ1n) is 5.69. The summed E-state index contributed by atoms with van der Waals surface area (Å²) in [6.45, 7) is 1.89. The summed E-state index contributed by atoms with van der Waals surface area (Å²) in [5.41, 5.74) is 2.49. The molecule has 0 fully saturated rings. The lowest BCUT2D eigenvalue weighted by Crippen LogP contribution is -1.95. The number of hydrogen-bond donors (Lipinski definition) is 0. The summed E-state index contributed by atoms with van der Waals surface area (Å²) < 4.78 is 5.61. The van der Waals surface area contributed by atoms with E-state index in [9.17, 15) is 0 Å². The molecule has 0 spiro atoms. The maximum atomic E-state index is 5.90. The van der Waals surface area contributed by atoms with Crippen LogP contribution < -0.4 is 0 Å². The van der Waals surface area contributed by atoms with Crippen LogP contribution in [0, 0.1) is 6.92 Å². The van der Waals surface area contributed by atoms with Gasteiger partial charge in [-0.1, -0.05) is 35.5 Å². The monoisotopic (exact) mass is 291 g/mol. The number of thioether (sulfide) groups is 1. The van der Waals surface area contributed by atoms with Crippen LogP contribution in [0.25, 0.3) is 11.1 Å². The van der Waals surface area contributed by atoms with Gasteiger partial charge in [0.1, 0.15) is 16.5 Å². The van der Waals surface area contributed by atoms with Crippen molar-refractivity contribution in [2.75, 3.05) is 0 Å². The average molecular weight is 292 g/mol. The molecular formula is C13H10ClN3OS. The van der Waals surface area contributed by atoms with Gasteiger partial charge in [-0.2, -0.15) is 0 Å². The molecule has 0 amide bonds. The summed E-state index contributed by atoms with van der Waals surface area (Å²) in [5.74, 6) is 1.26. The number of aryl methyl sites for hydroxylation is 1. The van der Waals surface area contributed by atoms with E-state index in [4.69, 9.17) is 16.0 Å². The van der Waals surface area contributed by atoms with E-state index in [0.717, 1.165) is 16.8 Å². The van der Waals surface area contributed by atoms with Gasteiger partial charge in [-0.25, -0.2) is 15.0 Å². The molecule has 0 bridgehead atoms. The Morgan fingerprint density at radius 3 is 2.84 bits per heavy atom. The van der Waals surface area contributed by atoms with Crippen LogP contribution in [0.4, 0.5) is 0 Å². The maximum absolute atomic E-state index is 5.90. The van der Waals surface area contributed by atoms with Gasteiger partial charge in [-0.05, 0) is 25.1 Å². The van der Waals surface area contributed by atoms with Crippen molar-refractivity contribution in [1.29, 1.82) is 0 Å². The number of fused-ring (bicyclic) bond motifs is 1. The Balaban J connectivity index is 1.78. The van der Waals surface area contributed by atoms with Crippen LogP contribution in [0.3, 0.4) is 0 Å². The van der Waals surface area contributed by atoms with E-state index in [0.29, 0.717) is 22.0 Å². The minimum Gasteiger partial charge on any atom is -0.431 e. The summed E-state index contributed by atoms with van der Waals surface area (Å²) in [5, 5.41) is 1.07. The van der Waals surface area contributed by atoms with Crippen molar-refractivity contribution in [2.24, 2.45) is 0 Å². The molecule has 0 unspecified atom stereocenters. The first-order valence-corrected chi connectivity index (χ1v) is 7.05. The standard InChI is InChI=1S/C13H10ClN3OS/c1-8-6-11(14)17-12(15-8)7-19-13-16-9-4-2-3-5-10(9)18-13/h2-6H,7H2,1H3. The lowest BCUT2D eigenvalue weighted by atomic mass is 10.3. The number of nitrogens with zero attached hydrogens (tertiary/aromatic N) is 3. The molecule has 3 rings (SSSR count). The highest BCUT2D eigenvalue weighted by molar-refractivity contribution is 7.98. The van der Waals surface area contributed by atoms with E-state index in [1.54, 1.807) is 6.07 Å². The van der Waals surface area contributed by atoms with Gasteiger partial charge in [0.2, 0.25) is 0 Å². The molecular weight excluding hydrogens is 282 g/mol. The van der Waals surface area contributed by atoms with E-state index < -0.39 is 0 Å². The number of benzene rings is 1. The molecule has 0 aliphatic heterocycles. The van der Waals surface area contributed by atoms with Crippen LogP contribution in [-0.2, 0) is 5.75 Å². The maximum Gasteiger partial charge on any atom is 0.257 e.